The number of rotatable bonds is 6. The smallest absolute Gasteiger partial charge is 0.254 e. The van der Waals surface area contributed by atoms with E-state index in [1.807, 2.05) is 79.4 Å². The number of hydrogen-bond donors (Lipinski definition) is 2. The lowest BCUT2D eigenvalue weighted by molar-refractivity contribution is -0.115. The van der Waals surface area contributed by atoms with Gasteiger partial charge in [0.2, 0.25) is 5.91 Å². The number of amides is 2. The molecule has 2 N–H and O–H groups in total. The number of carbonyl (C=O) groups excluding carboxylic acids is 2. The van der Waals surface area contributed by atoms with Gasteiger partial charge in [-0.2, -0.15) is 0 Å². The summed E-state index contributed by atoms with van der Waals surface area (Å²) in [6.07, 6.45) is 2.91. The second-order valence-corrected chi connectivity index (χ2v) is 11.4. The van der Waals surface area contributed by atoms with E-state index in [0.29, 0.717) is 53.4 Å². The van der Waals surface area contributed by atoms with Gasteiger partial charge >= 0.3 is 0 Å². The van der Waals surface area contributed by atoms with Crippen molar-refractivity contribution in [1.82, 2.24) is 10.2 Å². The van der Waals surface area contributed by atoms with E-state index < -0.39 is 5.91 Å². The van der Waals surface area contributed by atoms with E-state index >= 15 is 0 Å². The first-order valence-corrected chi connectivity index (χ1v) is 14.9. The molecule has 0 saturated carbocycles. The molecular weight excluding hydrogens is 603 g/mol. The molecule has 43 heavy (non-hydrogen) atoms. The van der Waals surface area contributed by atoms with Crippen molar-refractivity contribution in [1.29, 1.82) is 0 Å². The molecule has 0 atom stereocenters. The van der Waals surface area contributed by atoms with Crippen LogP contribution in [0.2, 0.25) is 10.0 Å². The van der Waals surface area contributed by atoms with Crippen molar-refractivity contribution in [2.45, 2.75) is 13.8 Å². The summed E-state index contributed by atoms with van der Waals surface area (Å²) in [4.78, 5) is 29.4. The summed E-state index contributed by atoms with van der Waals surface area (Å²) >= 11 is 18.2. The van der Waals surface area contributed by atoms with Crippen LogP contribution in [0.25, 0.3) is 17.4 Å². The Hall–Kier alpha value is -4.11. The topological polar surface area (TPSA) is 77.8 Å². The van der Waals surface area contributed by atoms with Crippen LogP contribution in [0.3, 0.4) is 0 Å². The normalized spacial score (nSPS) is 13.3. The zero-order valence-corrected chi connectivity index (χ0v) is 26.0. The number of thiocarbonyl (C=S) groups is 1. The minimum absolute atomic E-state index is 0.0512. The number of hydrogen-bond acceptors (Lipinski definition) is 5. The third kappa shape index (κ3) is 7.46. The van der Waals surface area contributed by atoms with Crippen molar-refractivity contribution in [3.63, 3.8) is 0 Å². The molecule has 1 aromatic heterocycles. The fourth-order valence-electron chi connectivity index (χ4n) is 4.79. The molecule has 0 unspecified atom stereocenters. The Balaban J connectivity index is 1.12. The molecule has 5 rings (SSSR count). The van der Waals surface area contributed by atoms with Gasteiger partial charge in [0.25, 0.3) is 5.91 Å². The van der Waals surface area contributed by atoms with Crippen LogP contribution >= 0.6 is 35.4 Å². The maximum Gasteiger partial charge on any atom is 0.254 e. The number of halogens is 2. The average molecular weight is 634 g/mol. The maximum absolute atomic E-state index is 13.0. The van der Waals surface area contributed by atoms with Gasteiger partial charge < -0.3 is 19.5 Å². The maximum atomic E-state index is 13.0. The minimum atomic E-state index is -0.408. The molecule has 4 aromatic rings. The third-order valence-corrected chi connectivity index (χ3v) is 8.12. The van der Waals surface area contributed by atoms with Gasteiger partial charge in [-0.3, -0.25) is 14.9 Å². The second-order valence-electron chi connectivity index (χ2n) is 10.2. The molecule has 1 aliphatic heterocycles. The predicted molar refractivity (Wildman–Crippen MR) is 178 cm³/mol. The zero-order valence-electron chi connectivity index (χ0n) is 23.7. The van der Waals surface area contributed by atoms with Crippen LogP contribution in [0.15, 0.2) is 83.3 Å². The summed E-state index contributed by atoms with van der Waals surface area (Å²) < 4.78 is 5.82. The number of anilines is 2. The molecule has 0 bridgehead atoms. The number of nitrogens with zero attached hydrogens (tertiary/aromatic N) is 2. The predicted octanol–water partition coefficient (Wildman–Crippen LogP) is 7.36. The highest BCUT2D eigenvalue weighted by Crippen LogP contribution is 2.30. The van der Waals surface area contributed by atoms with Crippen molar-refractivity contribution < 1.29 is 14.0 Å². The van der Waals surface area contributed by atoms with Crippen molar-refractivity contribution in [2.24, 2.45) is 0 Å². The van der Waals surface area contributed by atoms with Gasteiger partial charge in [0.05, 0.1) is 10.7 Å². The van der Waals surface area contributed by atoms with Gasteiger partial charge in [-0.1, -0.05) is 53.5 Å². The first-order valence-electron chi connectivity index (χ1n) is 13.7. The van der Waals surface area contributed by atoms with E-state index in [1.54, 1.807) is 18.2 Å². The molecule has 0 spiro atoms. The lowest BCUT2D eigenvalue weighted by Crippen LogP contribution is -2.49. The lowest BCUT2D eigenvalue weighted by atomic mass is 10.1. The SMILES string of the molecule is Cc1ccc(-c2ccc(/C=C/C(=O)NC(=S)Nc3ccc(N4CCN(C(=O)c5ccccc5C)CC4)c(Cl)c3)o2)cc1Cl. The van der Waals surface area contributed by atoms with Crippen molar-refractivity contribution in [2.75, 3.05) is 36.4 Å². The van der Waals surface area contributed by atoms with Crippen LogP contribution in [0.1, 0.15) is 27.2 Å². The van der Waals surface area contributed by atoms with Crippen LogP contribution < -0.4 is 15.5 Å². The van der Waals surface area contributed by atoms with Crippen molar-refractivity contribution in [3.8, 4) is 11.3 Å². The summed E-state index contributed by atoms with van der Waals surface area (Å²) in [5.41, 5.74) is 5.07. The first kappa shape index (κ1) is 30.4. The molecule has 7 nitrogen and oxygen atoms in total. The fraction of sp³-hybridized carbons (Fsp3) is 0.182. The molecule has 2 heterocycles. The number of furan rings is 1. The van der Waals surface area contributed by atoms with Crippen LogP contribution in [0, 0.1) is 13.8 Å². The summed E-state index contributed by atoms with van der Waals surface area (Å²) in [6.45, 7) is 6.43. The van der Waals surface area contributed by atoms with Crippen molar-refractivity contribution in [3.05, 3.63) is 111 Å². The molecule has 0 radical (unpaired) electrons. The minimum Gasteiger partial charge on any atom is -0.457 e. The Morgan fingerprint density at radius 2 is 1.65 bits per heavy atom. The van der Waals surface area contributed by atoms with E-state index in [4.69, 9.17) is 39.8 Å². The summed E-state index contributed by atoms with van der Waals surface area (Å²) in [5.74, 6) is 0.811. The standard InChI is InChI=1S/C33H30Cl2N4O3S/c1-21-5-3-4-6-26(21)32(41)39-17-15-38(16-18-39)29-12-9-24(20-28(29)35)36-33(43)37-31(40)14-11-25-10-13-30(42-25)23-8-7-22(2)27(34)19-23/h3-14,19-20H,15-18H2,1-2H3,(H2,36,37,40,43)/b14-11+. The molecule has 1 aliphatic rings. The summed E-state index contributed by atoms with van der Waals surface area (Å²) in [5, 5.41) is 6.96. The summed E-state index contributed by atoms with van der Waals surface area (Å²) in [7, 11) is 0. The van der Waals surface area contributed by atoms with Gasteiger partial charge in [-0.15, -0.1) is 0 Å². The Morgan fingerprint density at radius 3 is 2.37 bits per heavy atom. The van der Waals surface area contributed by atoms with E-state index in [-0.39, 0.29) is 11.0 Å². The Labute approximate surface area is 266 Å². The lowest BCUT2D eigenvalue weighted by Gasteiger charge is -2.36. The highest BCUT2D eigenvalue weighted by molar-refractivity contribution is 7.80. The van der Waals surface area contributed by atoms with Gasteiger partial charge in [0.15, 0.2) is 5.11 Å². The van der Waals surface area contributed by atoms with E-state index in [1.165, 1.54) is 6.08 Å². The number of nitrogens with one attached hydrogen (secondary N) is 2. The molecular formula is C33H30Cl2N4O3S. The van der Waals surface area contributed by atoms with E-state index in [9.17, 15) is 9.59 Å². The number of carbonyl (C=O) groups is 2. The highest BCUT2D eigenvalue weighted by Gasteiger charge is 2.24. The molecule has 220 valence electrons. The largest absolute Gasteiger partial charge is 0.457 e. The molecule has 1 fully saturated rings. The van der Waals surface area contributed by atoms with Crippen LogP contribution in [-0.2, 0) is 4.79 Å². The average Bonchev–Trinajstić information content (AvgIpc) is 3.47. The quantitative estimate of drug-likeness (QED) is 0.171. The Kier molecular flexibility index (Phi) is 9.50. The van der Waals surface area contributed by atoms with Gasteiger partial charge in [0.1, 0.15) is 11.5 Å². The van der Waals surface area contributed by atoms with Crippen LogP contribution in [0.5, 0.6) is 0 Å². The molecule has 0 aliphatic carbocycles. The third-order valence-electron chi connectivity index (χ3n) is 7.21. The summed E-state index contributed by atoms with van der Waals surface area (Å²) in [6, 6.07) is 22.5. The second kappa shape index (κ2) is 13.5. The number of piperazine rings is 1. The zero-order chi connectivity index (χ0) is 30.5. The molecule has 3 aromatic carbocycles. The number of aryl methyl sites for hydroxylation is 2. The Morgan fingerprint density at radius 1 is 0.884 bits per heavy atom. The van der Waals surface area contributed by atoms with Gasteiger partial charge in [-0.05, 0) is 85.7 Å². The fourth-order valence-corrected chi connectivity index (χ4v) is 5.49. The van der Waals surface area contributed by atoms with E-state index in [2.05, 4.69) is 15.5 Å². The van der Waals surface area contributed by atoms with Crippen LogP contribution in [-0.4, -0.2) is 48.0 Å². The Bertz CT molecular complexity index is 1710. The highest BCUT2D eigenvalue weighted by atomic mass is 35.5. The number of benzene rings is 3. The first-order chi connectivity index (χ1) is 20.7. The monoisotopic (exact) mass is 632 g/mol. The van der Waals surface area contributed by atoms with Gasteiger partial charge in [-0.25, -0.2) is 0 Å². The van der Waals surface area contributed by atoms with Gasteiger partial charge in [0, 0.05) is 54.1 Å². The molecule has 2 amide bonds. The van der Waals surface area contributed by atoms with E-state index in [0.717, 1.165) is 27.9 Å². The van der Waals surface area contributed by atoms with Crippen molar-refractivity contribution >= 4 is 69.8 Å². The van der Waals surface area contributed by atoms with Crippen LogP contribution in [0.4, 0.5) is 11.4 Å². The molecule has 10 heteroatoms. The molecule has 1 saturated heterocycles.